The first-order chi connectivity index (χ1) is 9.60. The molecule has 1 aromatic carbocycles. The van der Waals surface area contributed by atoms with Crippen molar-refractivity contribution in [3.63, 3.8) is 0 Å². The Kier molecular flexibility index (Phi) is 4.41. The van der Waals surface area contributed by atoms with E-state index in [1.807, 2.05) is 6.92 Å². The van der Waals surface area contributed by atoms with E-state index >= 15 is 0 Å². The van der Waals surface area contributed by atoms with Gasteiger partial charge in [-0.2, -0.15) is 0 Å². The highest BCUT2D eigenvalue weighted by Gasteiger charge is 2.10. The van der Waals surface area contributed by atoms with Gasteiger partial charge >= 0.3 is 0 Å². The van der Waals surface area contributed by atoms with Crippen molar-refractivity contribution in [2.45, 2.75) is 13.5 Å². The molecule has 0 bridgehead atoms. The van der Waals surface area contributed by atoms with Crippen molar-refractivity contribution in [3.8, 4) is 0 Å². The van der Waals surface area contributed by atoms with Crippen molar-refractivity contribution in [2.24, 2.45) is 0 Å². The summed E-state index contributed by atoms with van der Waals surface area (Å²) in [7, 11) is 0. The summed E-state index contributed by atoms with van der Waals surface area (Å²) < 4.78 is 32.2. The van der Waals surface area contributed by atoms with Crippen LogP contribution in [0.2, 0.25) is 0 Å². The van der Waals surface area contributed by atoms with E-state index in [0.29, 0.717) is 12.4 Å². The van der Waals surface area contributed by atoms with Gasteiger partial charge in [0, 0.05) is 12.7 Å². The first-order valence-corrected chi connectivity index (χ1v) is 6.02. The van der Waals surface area contributed by atoms with Crippen LogP contribution in [0.4, 0.5) is 26.1 Å². The third-order valence-corrected chi connectivity index (χ3v) is 2.44. The molecule has 0 spiro atoms. The minimum absolute atomic E-state index is 0.177. The van der Waals surface area contributed by atoms with Crippen molar-refractivity contribution in [2.75, 3.05) is 17.7 Å². The smallest absolute Gasteiger partial charge is 0.158 e. The lowest BCUT2D eigenvalue weighted by atomic mass is 10.3. The summed E-state index contributed by atoms with van der Waals surface area (Å²) in [5.74, 6) is -0.696. The summed E-state index contributed by atoms with van der Waals surface area (Å²) >= 11 is 0. The SMILES string of the molecule is CCOCc1nc(N)cc(Nc2c(F)cccc2F)n1. The van der Waals surface area contributed by atoms with Gasteiger partial charge in [0.25, 0.3) is 0 Å². The predicted octanol–water partition coefficient (Wildman–Crippen LogP) is 2.62. The summed E-state index contributed by atoms with van der Waals surface area (Å²) in [5, 5.41) is 2.56. The minimum Gasteiger partial charge on any atom is -0.384 e. The van der Waals surface area contributed by atoms with Gasteiger partial charge in [0.2, 0.25) is 0 Å². The Labute approximate surface area is 114 Å². The van der Waals surface area contributed by atoms with Crippen molar-refractivity contribution in [1.82, 2.24) is 9.97 Å². The summed E-state index contributed by atoms with van der Waals surface area (Å²) in [5.41, 5.74) is 5.34. The number of nitrogens with one attached hydrogen (secondary N) is 1. The summed E-state index contributed by atoms with van der Waals surface area (Å²) in [6.45, 7) is 2.51. The Morgan fingerprint density at radius 3 is 2.60 bits per heavy atom. The monoisotopic (exact) mass is 280 g/mol. The lowest BCUT2D eigenvalue weighted by Crippen LogP contribution is -2.06. The van der Waals surface area contributed by atoms with Gasteiger partial charge in [0.05, 0.1) is 0 Å². The Balaban J connectivity index is 2.27. The number of para-hydroxylation sites is 1. The largest absolute Gasteiger partial charge is 0.384 e. The van der Waals surface area contributed by atoms with Crippen molar-refractivity contribution < 1.29 is 13.5 Å². The van der Waals surface area contributed by atoms with Gasteiger partial charge in [0.15, 0.2) is 5.82 Å². The number of hydrogen-bond acceptors (Lipinski definition) is 5. The topological polar surface area (TPSA) is 73.1 Å². The second-order valence-corrected chi connectivity index (χ2v) is 3.95. The van der Waals surface area contributed by atoms with E-state index < -0.39 is 11.6 Å². The third-order valence-electron chi connectivity index (χ3n) is 2.44. The fourth-order valence-electron chi connectivity index (χ4n) is 1.58. The van der Waals surface area contributed by atoms with Gasteiger partial charge in [-0.1, -0.05) is 6.07 Å². The van der Waals surface area contributed by atoms with E-state index in [-0.39, 0.29) is 23.9 Å². The van der Waals surface area contributed by atoms with Crippen LogP contribution in [0.25, 0.3) is 0 Å². The molecule has 0 radical (unpaired) electrons. The van der Waals surface area contributed by atoms with Crippen molar-refractivity contribution in [3.05, 3.63) is 41.7 Å². The summed E-state index contributed by atoms with van der Waals surface area (Å²) in [4.78, 5) is 8.06. The highest BCUT2D eigenvalue weighted by molar-refractivity contribution is 5.59. The van der Waals surface area contributed by atoms with Gasteiger partial charge in [-0.3, -0.25) is 0 Å². The number of hydrogen-bond donors (Lipinski definition) is 2. The van der Waals surface area contributed by atoms with Gasteiger partial charge in [-0.25, -0.2) is 18.7 Å². The number of aromatic nitrogens is 2. The molecule has 0 aliphatic heterocycles. The zero-order chi connectivity index (χ0) is 14.5. The average molecular weight is 280 g/mol. The molecule has 7 heteroatoms. The molecule has 1 aromatic heterocycles. The first-order valence-electron chi connectivity index (χ1n) is 6.02. The first kappa shape index (κ1) is 14.1. The standard InChI is InChI=1S/C13H14F2N4O/c1-2-20-7-12-17-10(16)6-11(18-12)19-13-8(14)4-3-5-9(13)15/h3-6H,2,7H2,1H3,(H3,16,17,18,19). The highest BCUT2D eigenvalue weighted by atomic mass is 19.1. The normalized spacial score (nSPS) is 10.6. The molecule has 0 atom stereocenters. The zero-order valence-corrected chi connectivity index (χ0v) is 10.9. The van der Waals surface area contributed by atoms with E-state index in [1.54, 1.807) is 0 Å². The van der Waals surface area contributed by atoms with E-state index in [1.165, 1.54) is 12.1 Å². The lowest BCUT2D eigenvalue weighted by Gasteiger charge is -2.10. The van der Waals surface area contributed by atoms with Crippen molar-refractivity contribution >= 4 is 17.3 Å². The molecule has 106 valence electrons. The Bertz CT molecular complexity index is 587. The Morgan fingerprint density at radius 1 is 1.25 bits per heavy atom. The molecule has 20 heavy (non-hydrogen) atoms. The third kappa shape index (κ3) is 3.39. The molecular formula is C13H14F2N4O. The van der Waals surface area contributed by atoms with E-state index in [0.717, 1.165) is 12.1 Å². The maximum Gasteiger partial charge on any atom is 0.158 e. The fraction of sp³-hybridized carbons (Fsp3) is 0.231. The summed E-state index contributed by atoms with van der Waals surface area (Å²) in [6, 6.07) is 4.97. The molecule has 0 unspecified atom stereocenters. The Hall–Kier alpha value is -2.28. The number of halogens is 2. The maximum absolute atomic E-state index is 13.5. The average Bonchev–Trinajstić information content (AvgIpc) is 2.40. The fourth-order valence-corrected chi connectivity index (χ4v) is 1.58. The van der Waals surface area contributed by atoms with Crippen LogP contribution in [0, 0.1) is 11.6 Å². The number of nitrogens with two attached hydrogens (primary N) is 1. The van der Waals surface area contributed by atoms with Gasteiger partial charge in [-0.15, -0.1) is 0 Å². The molecule has 2 rings (SSSR count). The Morgan fingerprint density at radius 2 is 1.95 bits per heavy atom. The van der Waals surface area contributed by atoms with Gasteiger partial charge in [0.1, 0.15) is 35.6 Å². The number of nitrogens with zero attached hydrogens (tertiary/aromatic N) is 2. The second-order valence-electron chi connectivity index (χ2n) is 3.95. The van der Waals surface area contributed by atoms with Crippen molar-refractivity contribution in [1.29, 1.82) is 0 Å². The number of benzene rings is 1. The molecule has 0 fully saturated rings. The van der Waals surface area contributed by atoms with Crippen LogP contribution in [-0.2, 0) is 11.3 Å². The van der Waals surface area contributed by atoms with E-state index in [9.17, 15) is 8.78 Å². The molecule has 0 amide bonds. The van der Waals surface area contributed by atoms with E-state index in [2.05, 4.69) is 15.3 Å². The summed E-state index contributed by atoms with van der Waals surface area (Å²) in [6.07, 6.45) is 0. The number of ether oxygens (including phenoxy) is 1. The van der Waals surface area contributed by atoms with Crippen LogP contribution >= 0.6 is 0 Å². The number of rotatable bonds is 5. The van der Waals surface area contributed by atoms with Crippen LogP contribution in [0.3, 0.4) is 0 Å². The molecule has 0 aliphatic carbocycles. The molecule has 2 aromatic rings. The molecule has 0 saturated heterocycles. The molecule has 1 heterocycles. The molecule has 0 aliphatic rings. The predicted molar refractivity (Wildman–Crippen MR) is 71.4 cm³/mol. The number of nitrogen functional groups attached to an aromatic ring is 1. The molecular weight excluding hydrogens is 266 g/mol. The zero-order valence-electron chi connectivity index (χ0n) is 10.9. The quantitative estimate of drug-likeness (QED) is 0.880. The van der Waals surface area contributed by atoms with Gasteiger partial charge < -0.3 is 15.8 Å². The van der Waals surface area contributed by atoms with Crippen LogP contribution in [0.1, 0.15) is 12.7 Å². The molecule has 5 nitrogen and oxygen atoms in total. The maximum atomic E-state index is 13.5. The van der Waals surface area contributed by atoms with Crippen LogP contribution in [0.5, 0.6) is 0 Å². The van der Waals surface area contributed by atoms with E-state index in [4.69, 9.17) is 10.5 Å². The van der Waals surface area contributed by atoms with Crippen LogP contribution in [0.15, 0.2) is 24.3 Å². The minimum atomic E-state index is -0.714. The molecule has 0 saturated carbocycles. The second kappa shape index (κ2) is 6.25. The highest BCUT2D eigenvalue weighted by Crippen LogP contribution is 2.22. The van der Waals surface area contributed by atoms with Gasteiger partial charge in [-0.05, 0) is 19.1 Å². The molecule has 3 N–H and O–H groups in total. The lowest BCUT2D eigenvalue weighted by molar-refractivity contribution is 0.128. The van der Waals surface area contributed by atoms with Crippen LogP contribution in [-0.4, -0.2) is 16.6 Å². The van der Waals surface area contributed by atoms with Crippen LogP contribution < -0.4 is 11.1 Å². The number of anilines is 3.